The van der Waals surface area contributed by atoms with Crippen LogP contribution in [0.5, 0.6) is 0 Å². The molecule has 0 aromatic carbocycles. The third kappa shape index (κ3) is 2.37. The van der Waals surface area contributed by atoms with E-state index in [-0.39, 0.29) is 5.91 Å². The standard InChI is InChI=1S/C9H8ClN3OS/c10-7-2-4-15-8(7)9(14)11-5-6-1-3-12-13-6/h1-4H,5H2,(H,11,14)(H,12,13). The molecule has 0 unspecified atom stereocenters. The molecule has 0 fully saturated rings. The Morgan fingerprint density at radius 2 is 2.47 bits per heavy atom. The number of carbonyl (C=O) groups is 1. The van der Waals surface area contributed by atoms with Gasteiger partial charge in [0.15, 0.2) is 0 Å². The van der Waals surface area contributed by atoms with Crippen molar-refractivity contribution in [2.24, 2.45) is 0 Å². The minimum Gasteiger partial charge on any atom is -0.346 e. The Balaban J connectivity index is 1.96. The molecule has 0 aliphatic carbocycles. The van der Waals surface area contributed by atoms with E-state index in [2.05, 4.69) is 15.5 Å². The van der Waals surface area contributed by atoms with E-state index in [9.17, 15) is 4.79 Å². The molecule has 2 aromatic heterocycles. The van der Waals surface area contributed by atoms with Crippen molar-refractivity contribution in [3.8, 4) is 0 Å². The molecule has 1 amide bonds. The normalized spacial score (nSPS) is 10.2. The molecule has 0 atom stereocenters. The first-order valence-corrected chi connectivity index (χ1v) is 5.52. The van der Waals surface area contributed by atoms with Crippen LogP contribution in [0.2, 0.25) is 5.02 Å². The van der Waals surface area contributed by atoms with Gasteiger partial charge in [0.1, 0.15) is 4.88 Å². The summed E-state index contributed by atoms with van der Waals surface area (Å²) in [5, 5.41) is 11.6. The number of rotatable bonds is 3. The fourth-order valence-corrected chi connectivity index (χ4v) is 2.15. The van der Waals surface area contributed by atoms with Crippen LogP contribution in [0.25, 0.3) is 0 Å². The summed E-state index contributed by atoms with van der Waals surface area (Å²) in [6.45, 7) is 0.424. The van der Waals surface area contributed by atoms with E-state index < -0.39 is 0 Å². The Bertz CT molecular complexity index is 452. The quantitative estimate of drug-likeness (QED) is 0.864. The fourth-order valence-electron chi connectivity index (χ4n) is 1.09. The molecule has 0 radical (unpaired) electrons. The lowest BCUT2D eigenvalue weighted by molar-refractivity contribution is 0.0954. The lowest BCUT2D eigenvalue weighted by Gasteiger charge is -2.01. The molecule has 0 spiro atoms. The number of thiophene rings is 1. The summed E-state index contributed by atoms with van der Waals surface area (Å²) in [6, 6.07) is 3.51. The van der Waals surface area contributed by atoms with Crippen molar-refractivity contribution >= 4 is 28.8 Å². The fraction of sp³-hybridized carbons (Fsp3) is 0.111. The molecule has 0 bridgehead atoms. The van der Waals surface area contributed by atoms with Gasteiger partial charge in [-0.1, -0.05) is 11.6 Å². The number of hydrogen-bond donors (Lipinski definition) is 2. The van der Waals surface area contributed by atoms with Gasteiger partial charge >= 0.3 is 0 Å². The van der Waals surface area contributed by atoms with Crippen LogP contribution in [0.1, 0.15) is 15.4 Å². The number of aromatic nitrogens is 2. The van der Waals surface area contributed by atoms with Crippen LogP contribution in [0, 0.1) is 0 Å². The molecule has 0 saturated carbocycles. The Morgan fingerprint density at radius 3 is 3.07 bits per heavy atom. The number of hydrogen-bond acceptors (Lipinski definition) is 3. The lowest BCUT2D eigenvalue weighted by Crippen LogP contribution is -2.22. The predicted molar refractivity (Wildman–Crippen MR) is 59.1 cm³/mol. The number of H-pyrrole nitrogens is 1. The predicted octanol–water partition coefficient (Wildman–Crippen LogP) is 2.05. The first-order chi connectivity index (χ1) is 7.27. The molecule has 0 aliphatic rings. The molecular formula is C9H8ClN3OS. The highest BCUT2D eigenvalue weighted by Crippen LogP contribution is 2.21. The molecule has 2 rings (SSSR count). The minimum atomic E-state index is -0.162. The van der Waals surface area contributed by atoms with Gasteiger partial charge in [-0.05, 0) is 17.5 Å². The molecule has 0 aliphatic heterocycles. The molecule has 2 heterocycles. The van der Waals surface area contributed by atoms with Crippen molar-refractivity contribution in [3.63, 3.8) is 0 Å². The number of nitrogens with one attached hydrogen (secondary N) is 2. The van der Waals surface area contributed by atoms with Crippen LogP contribution in [-0.4, -0.2) is 16.1 Å². The summed E-state index contributed by atoms with van der Waals surface area (Å²) >= 11 is 7.15. The summed E-state index contributed by atoms with van der Waals surface area (Å²) in [7, 11) is 0. The first-order valence-electron chi connectivity index (χ1n) is 4.27. The Labute approximate surface area is 95.3 Å². The van der Waals surface area contributed by atoms with Crippen molar-refractivity contribution in [1.29, 1.82) is 0 Å². The summed E-state index contributed by atoms with van der Waals surface area (Å²) in [5.74, 6) is -0.162. The van der Waals surface area contributed by atoms with Crippen LogP contribution < -0.4 is 5.32 Å². The Morgan fingerprint density at radius 1 is 1.60 bits per heavy atom. The zero-order chi connectivity index (χ0) is 10.7. The van der Waals surface area contributed by atoms with E-state index in [1.165, 1.54) is 11.3 Å². The minimum absolute atomic E-state index is 0.162. The van der Waals surface area contributed by atoms with Crippen molar-refractivity contribution in [2.75, 3.05) is 0 Å². The highest BCUT2D eigenvalue weighted by molar-refractivity contribution is 7.12. The zero-order valence-corrected chi connectivity index (χ0v) is 9.23. The van der Waals surface area contributed by atoms with Gasteiger partial charge in [0.25, 0.3) is 5.91 Å². The van der Waals surface area contributed by atoms with Gasteiger partial charge in [0.05, 0.1) is 17.3 Å². The molecule has 2 aromatic rings. The van der Waals surface area contributed by atoms with Crippen LogP contribution in [-0.2, 0) is 6.54 Å². The maximum absolute atomic E-state index is 11.6. The maximum Gasteiger partial charge on any atom is 0.263 e. The van der Waals surface area contributed by atoms with E-state index >= 15 is 0 Å². The first kappa shape index (κ1) is 10.2. The van der Waals surface area contributed by atoms with Crippen molar-refractivity contribution in [1.82, 2.24) is 15.5 Å². The number of aromatic amines is 1. The topological polar surface area (TPSA) is 57.8 Å². The summed E-state index contributed by atoms with van der Waals surface area (Å²) in [6.07, 6.45) is 1.64. The smallest absolute Gasteiger partial charge is 0.263 e. The number of carbonyl (C=O) groups excluding carboxylic acids is 1. The van der Waals surface area contributed by atoms with Crippen molar-refractivity contribution < 1.29 is 4.79 Å². The summed E-state index contributed by atoms with van der Waals surface area (Å²) < 4.78 is 0. The highest BCUT2D eigenvalue weighted by Gasteiger charge is 2.11. The monoisotopic (exact) mass is 241 g/mol. The second kappa shape index (κ2) is 4.46. The van der Waals surface area contributed by atoms with E-state index in [0.29, 0.717) is 16.4 Å². The maximum atomic E-state index is 11.6. The number of amides is 1. The van der Waals surface area contributed by atoms with Gasteiger partial charge < -0.3 is 5.32 Å². The van der Waals surface area contributed by atoms with Crippen LogP contribution in [0.4, 0.5) is 0 Å². The van der Waals surface area contributed by atoms with Crippen LogP contribution in [0.3, 0.4) is 0 Å². The zero-order valence-electron chi connectivity index (χ0n) is 7.66. The van der Waals surface area contributed by atoms with Crippen molar-refractivity contribution in [3.05, 3.63) is 39.3 Å². The van der Waals surface area contributed by atoms with Crippen LogP contribution >= 0.6 is 22.9 Å². The Kier molecular flexibility index (Phi) is 3.03. The van der Waals surface area contributed by atoms with Gasteiger partial charge in [0.2, 0.25) is 0 Å². The SMILES string of the molecule is O=C(NCc1ccn[nH]1)c1sccc1Cl. The number of halogens is 1. The third-order valence-electron chi connectivity index (χ3n) is 1.82. The van der Waals surface area contributed by atoms with Gasteiger partial charge in [-0.2, -0.15) is 5.10 Å². The van der Waals surface area contributed by atoms with Crippen LogP contribution in [0.15, 0.2) is 23.7 Å². The molecule has 0 saturated heterocycles. The summed E-state index contributed by atoms with van der Waals surface area (Å²) in [4.78, 5) is 12.1. The molecular weight excluding hydrogens is 234 g/mol. The second-order valence-corrected chi connectivity index (χ2v) is 4.19. The largest absolute Gasteiger partial charge is 0.346 e. The molecule has 2 N–H and O–H groups in total. The molecule has 6 heteroatoms. The molecule has 78 valence electrons. The Hall–Kier alpha value is -1.33. The second-order valence-electron chi connectivity index (χ2n) is 2.86. The van der Waals surface area contributed by atoms with Crippen molar-refractivity contribution in [2.45, 2.75) is 6.54 Å². The van der Waals surface area contributed by atoms with Gasteiger partial charge in [-0.3, -0.25) is 9.89 Å². The average molecular weight is 242 g/mol. The van der Waals surface area contributed by atoms with E-state index in [1.54, 1.807) is 23.7 Å². The lowest BCUT2D eigenvalue weighted by atomic mass is 10.4. The van der Waals surface area contributed by atoms with E-state index in [0.717, 1.165) is 5.69 Å². The van der Waals surface area contributed by atoms with Gasteiger partial charge in [-0.25, -0.2) is 0 Å². The summed E-state index contributed by atoms with van der Waals surface area (Å²) in [5.41, 5.74) is 0.857. The van der Waals surface area contributed by atoms with Gasteiger partial charge in [-0.15, -0.1) is 11.3 Å². The third-order valence-corrected chi connectivity index (χ3v) is 3.16. The highest BCUT2D eigenvalue weighted by atomic mass is 35.5. The van der Waals surface area contributed by atoms with E-state index in [1.807, 2.05) is 0 Å². The molecule has 4 nitrogen and oxygen atoms in total. The number of nitrogens with zero attached hydrogens (tertiary/aromatic N) is 1. The van der Waals surface area contributed by atoms with E-state index in [4.69, 9.17) is 11.6 Å². The average Bonchev–Trinajstić information content (AvgIpc) is 2.84. The molecule has 15 heavy (non-hydrogen) atoms. The van der Waals surface area contributed by atoms with Gasteiger partial charge in [0, 0.05) is 6.20 Å².